The van der Waals surface area contributed by atoms with Crippen LogP contribution in [0.5, 0.6) is 0 Å². The first-order valence-electron chi connectivity index (χ1n) is 12.0. The van der Waals surface area contributed by atoms with Gasteiger partial charge in [0, 0.05) is 46.1 Å². The van der Waals surface area contributed by atoms with E-state index in [4.69, 9.17) is 18.9 Å². The zero-order valence-electron chi connectivity index (χ0n) is 21.2. The highest BCUT2D eigenvalue weighted by molar-refractivity contribution is 5.67. The second-order valence-corrected chi connectivity index (χ2v) is 8.50. The van der Waals surface area contributed by atoms with Gasteiger partial charge in [0.1, 0.15) is 0 Å². The molecule has 0 amide bonds. The van der Waals surface area contributed by atoms with E-state index >= 15 is 0 Å². The first-order valence-corrected chi connectivity index (χ1v) is 12.0. The van der Waals surface area contributed by atoms with Crippen molar-refractivity contribution in [3.8, 4) is 0 Å². The summed E-state index contributed by atoms with van der Waals surface area (Å²) in [6.07, 6.45) is 5.09. The number of ether oxygens (including phenoxy) is 4. The third-order valence-corrected chi connectivity index (χ3v) is 5.18. The molecule has 0 unspecified atom stereocenters. The molecule has 0 aromatic carbocycles. The smallest absolute Gasteiger partial charge is 0.302 e. The van der Waals surface area contributed by atoms with Gasteiger partial charge in [-0.3, -0.25) is 19.2 Å². The molecule has 10 nitrogen and oxygen atoms in total. The predicted octanol–water partition coefficient (Wildman–Crippen LogP) is 2.11. The first kappa shape index (κ1) is 31.8. The lowest BCUT2D eigenvalue weighted by atomic mass is 10.0. The molecule has 0 fully saturated rings. The number of aliphatic hydroxyl groups excluding tert-OH is 1. The van der Waals surface area contributed by atoms with Crippen LogP contribution >= 0.6 is 0 Å². The third kappa shape index (κ3) is 20.4. The van der Waals surface area contributed by atoms with Crippen molar-refractivity contribution in [3.63, 3.8) is 0 Å². The Labute approximate surface area is 203 Å². The highest BCUT2D eigenvalue weighted by Gasteiger charge is 2.15. The molecule has 0 rings (SSSR count). The Kier molecular flexibility index (Phi) is 18.9. The fourth-order valence-electron chi connectivity index (χ4n) is 3.38. The van der Waals surface area contributed by atoms with E-state index in [2.05, 4.69) is 4.90 Å². The normalized spacial score (nSPS) is 11.1. The SMILES string of the molecule is CC(=O)OCC(CCCCN(CCO)CCCCC(COC(C)=O)COC(C)=O)COC(C)=O. The number of unbranched alkanes of at least 4 members (excludes halogenated alkanes) is 2. The molecule has 0 aromatic rings. The molecular formula is C24H43NO9. The highest BCUT2D eigenvalue weighted by atomic mass is 16.6. The molecule has 0 spiro atoms. The number of aliphatic hydroxyl groups is 1. The Morgan fingerprint density at radius 3 is 1.18 bits per heavy atom. The van der Waals surface area contributed by atoms with E-state index in [9.17, 15) is 24.3 Å². The number of carbonyl (C=O) groups is 4. The van der Waals surface area contributed by atoms with Gasteiger partial charge in [-0.25, -0.2) is 0 Å². The minimum absolute atomic E-state index is 0.0366. The number of nitrogens with zero attached hydrogens (tertiary/aromatic N) is 1. The van der Waals surface area contributed by atoms with E-state index in [0.29, 0.717) is 6.54 Å². The lowest BCUT2D eigenvalue weighted by Crippen LogP contribution is -2.29. The molecular weight excluding hydrogens is 446 g/mol. The molecule has 0 radical (unpaired) electrons. The maximum Gasteiger partial charge on any atom is 0.302 e. The van der Waals surface area contributed by atoms with Crippen molar-refractivity contribution in [2.75, 3.05) is 52.7 Å². The van der Waals surface area contributed by atoms with Gasteiger partial charge >= 0.3 is 23.9 Å². The van der Waals surface area contributed by atoms with Crippen LogP contribution in [0.15, 0.2) is 0 Å². The summed E-state index contributed by atoms with van der Waals surface area (Å²) in [5, 5.41) is 9.38. The molecule has 0 saturated carbocycles. The lowest BCUT2D eigenvalue weighted by Gasteiger charge is -2.23. The maximum absolute atomic E-state index is 11.1. The number of carbonyl (C=O) groups excluding carboxylic acids is 4. The molecule has 0 saturated heterocycles. The summed E-state index contributed by atoms with van der Waals surface area (Å²) in [7, 11) is 0. The van der Waals surface area contributed by atoms with Crippen LogP contribution in [0.4, 0.5) is 0 Å². The van der Waals surface area contributed by atoms with Gasteiger partial charge in [0.25, 0.3) is 0 Å². The number of hydrogen-bond acceptors (Lipinski definition) is 10. The average molecular weight is 490 g/mol. The molecule has 198 valence electrons. The Hall–Kier alpha value is -2.20. The second-order valence-electron chi connectivity index (χ2n) is 8.50. The van der Waals surface area contributed by atoms with Crippen LogP contribution in [0.2, 0.25) is 0 Å². The Morgan fingerprint density at radius 1 is 0.588 bits per heavy atom. The van der Waals surface area contributed by atoms with Crippen molar-refractivity contribution in [3.05, 3.63) is 0 Å². The van der Waals surface area contributed by atoms with Gasteiger partial charge in [-0.05, 0) is 38.8 Å². The molecule has 34 heavy (non-hydrogen) atoms. The largest absolute Gasteiger partial charge is 0.465 e. The number of rotatable bonds is 20. The number of hydrogen-bond donors (Lipinski definition) is 1. The van der Waals surface area contributed by atoms with Gasteiger partial charge in [0.15, 0.2) is 0 Å². The molecule has 0 atom stereocenters. The monoisotopic (exact) mass is 489 g/mol. The van der Waals surface area contributed by atoms with Crippen molar-refractivity contribution in [1.82, 2.24) is 4.90 Å². The third-order valence-electron chi connectivity index (χ3n) is 5.18. The minimum Gasteiger partial charge on any atom is -0.465 e. The van der Waals surface area contributed by atoms with E-state index in [1.807, 2.05) is 0 Å². The van der Waals surface area contributed by atoms with Gasteiger partial charge in [0.2, 0.25) is 0 Å². The van der Waals surface area contributed by atoms with Crippen LogP contribution < -0.4 is 0 Å². The van der Waals surface area contributed by atoms with Crippen LogP contribution in [0.25, 0.3) is 0 Å². The summed E-state index contributed by atoms with van der Waals surface area (Å²) in [5.74, 6) is -1.50. The molecule has 0 aromatic heterocycles. The van der Waals surface area contributed by atoms with E-state index in [0.717, 1.165) is 51.6 Å². The summed E-state index contributed by atoms with van der Waals surface area (Å²) in [6.45, 7) is 8.60. The first-order chi connectivity index (χ1) is 16.1. The molecule has 0 aliphatic heterocycles. The average Bonchev–Trinajstić information content (AvgIpc) is 2.75. The predicted molar refractivity (Wildman–Crippen MR) is 125 cm³/mol. The zero-order chi connectivity index (χ0) is 25.8. The Morgan fingerprint density at radius 2 is 0.912 bits per heavy atom. The van der Waals surface area contributed by atoms with Gasteiger partial charge in [-0.15, -0.1) is 0 Å². The minimum atomic E-state index is -0.357. The van der Waals surface area contributed by atoms with Crippen LogP contribution in [0.1, 0.15) is 66.2 Å². The van der Waals surface area contributed by atoms with Crippen molar-refractivity contribution < 1.29 is 43.2 Å². The second kappa shape index (κ2) is 20.2. The van der Waals surface area contributed by atoms with Crippen LogP contribution in [-0.4, -0.2) is 86.6 Å². The molecule has 0 aliphatic carbocycles. The molecule has 10 heteroatoms. The summed E-state index contributed by atoms with van der Waals surface area (Å²) < 4.78 is 20.3. The topological polar surface area (TPSA) is 129 Å². The Bertz CT molecular complexity index is 513. The van der Waals surface area contributed by atoms with Crippen molar-refractivity contribution >= 4 is 23.9 Å². The molecule has 0 aliphatic rings. The van der Waals surface area contributed by atoms with Gasteiger partial charge in [-0.2, -0.15) is 0 Å². The molecule has 1 N–H and O–H groups in total. The quantitative estimate of drug-likeness (QED) is 0.154. The summed E-state index contributed by atoms with van der Waals surface area (Å²) in [4.78, 5) is 46.5. The van der Waals surface area contributed by atoms with Gasteiger partial charge in [-0.1, -0.05) is 12.8 Å². The van der Waals surface area contributed by atoms with E-state index < -0.39 is 0 Å². The van der Waals surface area contributed by atoms with Crippen molar-refractivity contribution in [2.24, 2.45) is 11.8 Å². The molecule has 0 heterocycles. The zero-order valence-corrected chi connectivity index (χ0v) is 21.2. The fourth-order valence-corrected chi connectivity index (χ4v) is 3.38. The molecule has 0 bridgehead atoms. The van der Waals surface area contributed by atoms with Gasteiger partial charge < -0.3 is 29.0 Å². The highest BCUT2D eigenvalue weighted by Crippen LogP contribution is 2.14. The van der Waals surface area contributed by atoms with Crippen molar-refractivity contribution in [1.29, 1.82) is 0 Å². The van der Waals surface area contributed by atoms with E-state index in [-0.39, 0.29) is 68.7 Å². The standard InChI is InChI=1S/C24H43NO9/c1-19(27)31-15-23(16-32-20(2)28)9-5-7-11-25(13-14-26)12-8-6-10-24(17-33-21(3)29)18-34-22(4)30/h23-24,26H,5-18H2,1-4H3. The summed E-state index contributed by atoms with van der Waals surface area (Å²) >= 11 is 0. The van der Waals surface area contributed by atoms with Crippen LogP contribution in [-0.2, 0) is 38.1 Å². The maximum atomic E-state index is 11.1. The van der Waals surface area contributed by atoms with Crippen LogP contribution in [0, 0.1) is 11.8 Å². The Balaban J connectivity index is 4.35. The number of esters is 4. The fraction of sp³-hybridized carbons (Fsp3) is 0.833. The summed E-state index contributed by atoms with van der Waals surface area (Å²) in [5.41, 5.74) is 0. The van der Waals surface area contributed by atoms with Gasteiger partial charge in [0.05, 0.1) is 33.0 Å². The lowest BCUT2D eigenvalue weighted by molar-refractivity contribution is -0.148. The van der Waals surface area contributed by atoms with Crippen LogP contribution in [0.3, 0.4) is 0 Å². The summed E-state index contributed by atoms with van der Waals surface area (Å²) in [6, 6.07) is 0. The van der Waals surface area contributed by atoms with E-state index in [1.54, 1.807) is 0 Å². The van der Waals surface area contributed by atoms with E-state index in [1.165, 1.54) is 27.7 Å². The van der Waals surface area contributed by atoms with Crippen molar-refractivity contribution in [2.45, 2.75) is 66.2 Å².